The Hall–Kier alpha value is -1.30. The molecule has 0 amide bonds. The maximum absolute atomic E-state index is 12.1. The quantitative estimate of drug-likeness (QED) is 0.739. The maximum Gasteiger partial charge on any atom is 0.416 e. The molecular weight excluding hydrogens is 215 g/mol. The highest BCUT2D eigenvalue weighted by Crippen LogP contribution is 2.30. The van der Waals surface area contributed by atoms with Crippen LogP contribution in [-0.4, -0.2) is 5.17 Å². The van der Waals surface area contributed by atoms with E-state index in [0.717, 1.165) is 24.3 Å². The van der Waals surface area contributed by atoms with Gasteiger partial charge in [-0.25, -0.2) is 0 Å². The van der Waals surface area contributed by atoms with Crippen molar-refractivity contribution in [3.63, 3.8) is 0 Å². The number of halogens is 3. The van der Waals surface area contributed by atoms with Crippen LogP contribution in [0.1, 0.15) is 5.56 Å². The van der Waals surface area contributed by atoms with E-state index in [-0.39, 0.29) is 10.9 Å². The summed E-state index contributed by atoms with van der Waals surface area (Å²) in [6.07, 6.45) is -4.35. The third-order valence-corrected chi connectivity index (χ3v) is 1.48. The summed E-state index contributed by atoms with van der Waals surface area (Å²) in [6.45, 7) is 0. The molecule has 0 unspecified atom stereocenters. The van der Waals surface area contributed by atoms with Gasteiger partial charge in [0, 0.05) is 0 Å². The van der Waals surface area contributed by atoms with Crippen LogP contribution < -0.4 is 10.5 Å². The summed E-state index contributed by atoms with van der Waals surface area (Å²) in [7, 11) is 0. The highest BCUT2D eigenvalue weighted by molar-refractivity contribution is 7.80. The number of ether oxygens (including phenoxy) is 1. The zero-order valence-electron chi connectivity index (χ0n) is 6.84. The molecule has 0 aliphatic carbocycles. The van der Waals surface area contributed by atoms with Crippen molar-refractivity contribution in [2.24, 2.45) is 5.73 Å². The van der Waals surface area contributed by atoms with Gasteiger partial charge in [-0.3, -0.25) is 0 Å². The molecule has 0 aliphatic heterocycles. The molecule has 14 heavy (non-hydrogen) atoms. The van der Waals surface area contributed by atoms with Crippen molar-refractivity contribution < 1.29 is 17.9 Å². The lowest BCUT2D eigenvalue weighted by Crippen LogP contribution is -2.15. The fourth-order valence-electron chi connectivity index (χ4n) is 0.828. The minimum Gasteiger partial charge on any atom is -0.432 e. The molecular formula is C8H6F3NOS. The Kier molecular flexibility index (Phi) is 2.95. The molecule has 0 bridgehead atoms. The van der Waals surface area contributed by atoms with Crippen LogP contribution in [0, 0.1) is 0 Å². The summed E-state index contributed by atoms with van der Waals surface area (Å²) in [5.41, 5.74) is 4.29. The Morgan fingerprint density at radius 2 is 1.71 bits per heavy atom. The average molecular weight is 221 g/mol. The van der Waals surface area contributed by atoms with Crippen LogP contribution in [0.25, 0.3) is 0 Å². The first-order valence-electron chi connectivity index (χ1n) is 3.54. The molecule has 0 saturated carbocycles. The van der Waals surface area contributed by atoms with E-state index < -0.39 is 11.7 Å². The van der Waals surface area contributed by atoms with E-state index in [2.05, 4.69) is 12.2 Å². The van der Waals surface area contributed by atoms with Crippen LogP contribution in [0.2, 0.25) is 0 Å². The van der Waals surface area contributed by atoms with Gasteiger partial charge in [0.15, 0.2) is 0 Å². The van der Waals surface area contributed by atoms with Crippen molar-refractivity contribution in [2.45, 2.75) is 6.18 Å². The van der Waals surface area contributed by atoms with E-state index in [1.165, 1.54) is 0 Å². The second kappa shape index (κ2) is 3.83. The second-order valence-corrected chi connectivity index (χ2v) is 2.85. The van der Waals surface area contributed by atoms with E-state index in [1.807, 2.05) is 0 Å². The standard InChI is InChI=1S/C8H6F3NOS/c9-8(10,11)5-1-3-6(4-2-5)13-7(12)14/h1-4H,(H2,12,14). The van der Waals surface area contributed by atoms with Crippen molar-refractivity contribution in [1.82, 2.24) is 0 Å². The molecule has 0 spiro atoms. The SMILES string of the molecule is NC(=S)Oc1ccc(C(F)(F)F)cc1. The Labute approximate surface area is 83.5 Å². The first-order valence-corrected chi connectivity index (χ1v) is 3.95. The largest absolute Gasteiger partial charge is 0.432 e. The topological polar surface area (TPSA) is 35.2 Å². The summed E-state index contributed by atoms with van der Waals surface area (Å²) in [5.74, 6) is 0.186. The first kappa shape index (κ1) is 10.8. The normalized spacial score (nSPS) is 11.1. The zero-order valence-corrected chi connectivity index (χ0v) is 7.65. The van der Waals surface area contributed by atoms with Crippen molar-refractivity contribution in [3.05, 3.63) is 29.8 Å². The fourth-order valence-corrected chi connectivity index (χ4v) is 0.924. The van der Waals surface area contributed by atoms with Gasteiger partial charge in [-0.1, -0.05) is 0 Å². The van der Waals surface area contributed by atoms with Gasteiger partial charge in [0.2, 0.25) is 0 Å². The van der Waals surface area contributed by atoms with Gasteiger partial charge in [-0.05, 0) is 36.5 Å². The number of rotatable bonds is 1. The Morgan fingerprint density at radius 1 is 1.21 bits per heavy atom. The number of benzene rings is 1. The highest BCUT2D eigenvalue weighted by Gasteiger charge is 2.29. The van der Waals surface area contributed by atoms with E-state index >= 15 is 0 Å². The van der Waals surface area contributed by atoms with E-state index in [0.29, 0.717) is 0 Å². The van der Waals surface area contributed by atoms with Crippen LogP contribution in [0.4, 0.5) is 13.2 Å². The highest BCUT2D eigenvalue weighted by atomic mass is 32.1. The number of thiocarbonyl (C=S) groups is 1. The Bertz CT molecular complexity index is 333. The molecule has 2 N–H and O–H groups in total. The fraction of sp³-hybridized carbons (Fsp3) is 0.125. The van der Waals surface area contributed by atoms with E-state index in [1.54, 1.807) is 0 Å². The van der Waals surface area contributed by atoms with Gasteiger partial charge in [0.1, 0.15) is 5.75 Å². The number of hydrogen-bond acceptors (Lipinski definition) is 2. The van der Waals surface area contributed by atoms with Crippen LogP contribution in [0.5, 0.6) is 5.75 Å². The molecule has 6 heteroatoms. The summed E-state index contributed by atoms with van der Waals surface area (Å²) < 4.78 is 41.0. The van der Waals surface area contributed by atoms with E-state index in [9.17, 15) is 13.2 Å². The minimum absolute atomic E-state index is 0.186. The molecule has 1 aromatic rings. The lowest BCUT2D eigenvalue weighted by Gasteiger charge is -2.07. The smallest absolute Gasteiger partial charge is 0.416 e. The molecule has 0 heterocycles. The summed E-state index contributed by atoms with van der Waals surface area (Å²) in [6, 6.07) is 4.10. The monoisotopic (exact) mass is 221 g/mol. The molecule has 0 saturated heterocycles. The van der Waals surface area contributed by atoms with Gasteiger partial charge >= 0.3 is 6.18 Å². The first-order chi connectivity index (χ1) is 6.39. The van der Waals surface area contributed by atoms with Gasteiger partial charge in [0.25, 0.3) is 5.17 Å². The molecule has 0 radical (unpaired) electrons. The lowest BCUT2D eigenvalue weighted by molar-refractivity contribution is -0.137. The molecule has 0 fully saturated rings. The summed E-state index contributed by atoms with van der Waals surface area (Å²) in [4.78, 5) is 0. The maximum atomic E-state index is 12.1. The van der Waals surface area contributed by atoms with Crippen molar-refractivity contribution in [2.75, 3.05) is 0 Å². The van der Waals surface area contributed by atoms with E-state index in [4.69, 9.17) is 10.5 Å². The lowest BCUT2D eigenvalue weighted by atomic mass is 10.2. The van der Waals surface area contributed by atoms with Gasteiger partial charge in [-0.2, -0.15) is 13.2 Å². The number of alkyl halides is 3. The number of hydrogen-bond donors (Lipinski definition) is 1. The molecule has 0 aromatic heterocycles. The third kappa shape index (κ3) is 2.88. The summed E-state index contributed by atoms with van der Waals surface area (Å²) in [5, 5.41) is -0.232. The summed E-state index contributed by atoms with van der Waals surface area (Å²) >= 11 is 4.42. The van der Waals surface area contributed by atoms with Crippen molar-refractivity contribution in [1.29, 1.82) is 0 Å². The van der Waals surface area contributed by atoms with Crippen molar-refractivity contribution >= 4 is 17.4 Å². The van der Waals surface area contributed by atoms with Gasteiger partial charge < -0.3 is 10.5 Å². The zero-order chi connectivity index (χ0) is 10.8. The molecule has 2 nitrogen and oxygen atoms in total. The molecule has 1 aromatic carbocycles. The average Bonchev–Trinajstić information content (AvgIpc) is 2.02. The van der Waals surface area contributed by atoms with Gasteiger partial charge in [-0.15, -0.1) is 0 Å². The van der Waals surface area contributed by atoms with Crippen LogP contribution in [0.15, 0.2) is 24.3 Å². The predicted octanol–water partition coefficient (Wildman–Crippen LogP) is 2.33. The molecule has 0 aliphatic rings. The Morgan fingerprint density at radius 3 is 2.07 bits per heavy atom. The second-order valence-electron chi connectivity index (χ2n) is 2.44. The van der Waals surface area contributed by atoms with Crippen LogP contribution in [0.3, 0.4) is 0 Å². The van der Waals surface area contributed by atoms with Gasteiger partial charge in [0.05, 0.1) is 5.56 Å². The molecule has 0 atom stereocenters. The minimum atomic E-state index is -4.35. The Balaban J connectivity index is 2.84. The molecule has 1 rings (SSSR count). The van der Waals surface area contributed by atoms with Crippen molar-refractivity contribution in [3.8, 4) is 5.75 Å². The van der Waals surface area contributed by atoms with Crippen LogP contribution >= 0.6 is 12.2 Å². The molecule has 76 valence electrons. The number of nitrogens with two attached hydrogens (primary N) is 1. The van der Waals surface area contributed by atoms with Crippen LogP contribution in [-0.2, 0) is 6.18 Å². The third-order valence-electron chi connectivity index (χ3n) is 1.40. The predicted molar refractivity (Wildman–Crippen MR) is 48.9 cm³/mol.